The van der Waals surface area contributed by atoms with Gasteiger partial charge in [-0.15, -0.1) is 0 Å². The Morgan fingerprint density at radius 3 is 1.22 bits per heavy atom. The standard InChI is InChI=1S/C41H38O5/c42-25-10-14-29-33(18-25)35-20-27(44)12-16-31(35)40-38(29)37(24-8-6-23(7-9-24)22-4-2-1-3-5-22)39-30-15-11-26(43)19-34(30)36-21-28(45)13-17-32(36)41(39)46-40/h10-24,37,42-45H,1-9H2. The van der Waals surface area contributed by atoms with Gasteiger partial charge < -0.3 is 25.2 Å². The zero-order valence-corrected chi connectivity index (χ0v) is 25.8. The van der Waals surface area contributed by atoms with E-state index in [0.717, 1.165) is 90.4 Å². The van der Waals surface area contributed by atoms with Crippen molar-refractivity contribution in [3.63, 3.8) is 0 Å². The van der Waals surface area contributed by atoms with Crippen molar-refractivity contribution in [2.75, 3.05) is 0 Å². The predicted molar refractivity (Wildman–Crippen MR) is 184 cm³/mol. The van der Waals surface area contributed by atoms with E-state index in [2.05, 4.69) is 0 Å². The van der Waals surface area contributed by atoms with Crippen LogP contribution in [0.2, 0.25) is 0 Å². The van der Waals surface area contributed by atoms with Crippen molar-refractivity contribution in [2.45, 2.75) is 63.7 Å². The van der Waals surface area contributed by atoms with Crippen LogP contribution in [0.4, 0.5) is 0 Å². The van der Waals surface area contributed by atoms with E-state index in [-0.39, 0.29) is 28.9 Å². The second-order valence-corrected chi connectivity index (χ2v) is 14.1. The molecule has 2 saturated carbocycles. The third-order valence-electron chi connectivity index (χ3n) is 11.6. The summed E-state index contributed by atoms with van der Waals surface area (Å²) >= 11 is 0. The van der Waals surface area contributed by atoms with Gasteiger partial charge in [0.25, 0.3) is 0 Å². The fourth-order valence-corrected chi connectivity index (χ4v) is 9.53. The fraction of sp³-hybridized carbons (Fsp3) is 0.317. The van der Waals surface area contributed by atoms with E-state index in [4.69, 9.17) is 4.74 Å². The van der Waals surface area contributed by atoms with Gasteiger partial charge in [-0.2, -0.15) is 0 Å². The van der Waals surface area contributed by atoms with Crippen LogP contribution in [0.5, 0.6) is 34.5 Å². The SMILES string of the molecule is Oc1ccc2c3c(c4ccc(O)cc4c2c1)C(C1CCC(C2CCCCC2)CC1)c1c(c2ccc(O)cc2c2cc(O)ccc12)O3. The highest BCUT2D eigenvalue weighted by Gasteiger charge is 2.41. The molecule has 0 aromatic heterocycles. The Balaban J connectivity index is 1.34. The normalized spacial score (nSPS) is 20.6. The molecular weight excluding hydrogens is 572 g/mol. The van der Waals surface area contributed by atoms with Crippen LogP contribution in [0.15, 0.2) is 72.8 Å². The number of aromatic hydroxyl groups is 4. The molecule has 6 aromatic carbocycles. The van der Waals surface area contributed by atoms with Crippen LogP contribution in [0.25, 0.3) is 43.1 Å². The summed E-state index contributed by atoms with van der Waals surface area (Å²) < 4.78 is 7.11. The zero-order chi connectivity index (χ0) is 31.1. The lowest BCUT2D eigenvalue weighted by molar-refractivity contribution is 0.159. The maximum atomic E-state index is 10.7. The summed E-state index contributed by atoms with van der Waals surface area (Å²) in [4.78, 5) is 0. The molecule has 0 amide bonds. The van der Waals surface area contributed by atoms with Gasteiger partial charge in [-0.1, -0.05) is 44.2 Å². The molecule has 232 valence electrons. The minimum Gasteiger partial charge on any atom is -0.508 e. The van der Waals surface area contributed by atoms with Crippen molar-refractivity contribution >= 4 is 43.1 Å². The Kier molecular flexibility index (Phi) is 6.28. The lowest BCUT2D eigenvalue weighted by Crippen LogP contribution is -2.28. The van der Waals surface area contributed by atoms with Gasteiger partial charge in [-0.25, -0.2) is 0 Å². The molecule has 2 fully saturated rings. The number of phenols is 4. The van der Waals surface area contributed by atoms with Crippen molar-refractivity contribution in [1.82, 2.24) is 0 Å². The Hall–Kier alpha value is -4.64. The Morgan fingerprint density at radius 1 is 0.391 bits per heavy atom. The maximum absolute atomic E-state index is 10.7. The number of hydrogen-bond acceptors (Lipinski definition) is 5. The van der Waals surface area contributed by atoms with Crippen LogP contribution < -0.4 is 4.74 Å². The number of rotatable bonds is 2. The summed E-state index contributed by atoms with van der Waals surface area (Å²) in [6, 6.07) is 22.0. The molecule has 3 aliphatic rings. The topological polar surface area (TPSA) is 90.2 Å². The molecule has 0 spiro atoms. The van der Waals surface area contributed by atoms with Crippen molar-refractivity contribution in [2.24, 2.45) is 17.8 Å². The van der Waals surface area contributed by atoms with Crippen LogP contribution in [0.1, 0.15) is 74.8 Å². The summed E-state index contributed by atoms with van der Waals surface area (Å²) in [5.74, 6) is 4.33. The van der Waals surface area contributed by atoms with Gasteiger partial charge >= 0.3 is 0 Å². The molecule has 4 N–H and O–H groups in total. The summed E-state index contributed by atoms with van der Waals surface area (Å²) in [5.41, 5.74) is 2.27. The first kappa shape index (κ1) is 27.7. The molecule has 1 heterocycles. The summed E-state index contributed by atoms with van der Waals surface area (Å²) in [7, 11) is 0. The van der Waals surface area contributed by atoms with Crippen LogP contribution in [0.3, 0.4) is 0 Å². The summed E-state index contributed by atoms with van der Waals surface area (Å²) in [6.07, 6.45) is 11.6. The van der Waals surface area contributed by atoms with E-state index in [1.807, 2.05) is 36.4 Å². The number of ether oxygens (including phenoxy) is 1. The van der Waals surface area contributed by atoms with Crippen molar-refractivity contribution in [3.05, 3.63) is 83.9 Å². The molecule has 46 heavy (non-hydrogen) atoms. The first-order valence-corrected chi connectivity index (χ1v) is 16.9. The lowest BCUT2D eigenvalue weighted by Gasteiger charge is -2.42. The molecule has 0 radical (unpaired) electrons. The molecule has 5 heteroatoms. The number of hydrogen-bond donors (Lipinski definition) is 4. The number of fused-ring (bicyclic) bond motifs is 12. The van der Waals surface area contributed by atoms with E-state index < -0.39 is 0 Å². The fourth-order valence-electron chi connectivity index (χ4n) is 9.53. The highest BCUT2D eigenvalue weighted by molar-refractivity contribution is 6.17. The van der Waals surface area contributed by atoms with E-state index >= 15 is 0 Å². The van der Waals surface area contributed by atoms with Gasteiger partial charge in [0.05, 0.1) is 0 Å². The molecule has 0 unspecified atom stereocenters. The van der Waals surface area contributed by atoms with Crippen LogP contribution in [0, 0.1) is 17.8 Å². The summed E-state index contributed by atoms with van der Waals surface area (Å²) in [5, 5.41) is 49.8. The van der Waals surface area contributed by atoms with E-state index in [1.54, 1.807) is 36.4 Å². The average Bonchev–Trinajstić information content (AvgIpc) is 3.08. The van der Waals surface area contributed by atoms with E-state index in [0.29, 0.717) is 5.92 Å². The smallest absolute Gasteiger partial charge is 0.139 e. The molecule has 5 nitrogen and oxygen atoms in total. The minimum absolute atomic E-state index is 0.0153. The largest absolute Gasteiger partial charge is 0.508 e. The Bertz CT molecular complexity index is 2050. The Labute approximate surface area is 267 Å². The second kappa shape index (κ2) is 10.4. The maximum Gasteiger partial charge on any atom is 0.139 e. The van der Waals surface area contributed by atoms with Crippen LogP contribution in [-0.4, -0.2) is 20.4 Å². The predicted octanol–water partition coefficient (Wildman–Crippen LogP) is 10.7. The average molecular weight is 611 g/mol. The highest BCUT2D eigenvalue weighted by Crippen LogP contribution is 2.60. The third kappa shape index (κ3) is 4.21. The van der Waals surface area contributed by atoms with Gasteiger partial charge in [-0.3, -0.25) is 0 Å². The molecular formula is C41H38O5. The third-order valence-corrected chi connectivity index (χ3v) is 11.6. The van der Waals surface area contributed by atoms with Crippen molar-refractivity contribution < 1.29 is 25.2 Å². The van der Waals surface area contributed by atoms with Crippen LogP contribution >= 0.6 is 0 Å². The van der Waals surface area contributed by atoms with Gasteiger partial charge in [0.1, 0.15) is 34.5 Å². The molecule has 0 saturated heterocycles. The molecule has 2 aliphatic carbocycles. The van der Waals surface area contributed by atoms with Gasteiger partial charge in [0.15, 0.2) is 0 Å². The zero-order valence-electron chi connectivity index (χ0n) is 25.8. The summed E-state index contributed by atoms with van der Waals surface area (Å²) in [6.45, 7) is 0. The Morgan fingerprint density at radius 2 is 0.761 bits per heavy atom. The first-order chi connectivity index (χ1) is 22.4. The molecule has 6 aromatic rings. The molecule has 0 bridgehead atoms. The van der Waals surface area contributed by atoms with E-state index in [9.17, 15) is 20.4 Å². The molecule has 0 atom stereocenters. The van der Waals surface area contributed by atoms with Gasteiger partial charge in [0, 0.05) is 27.8 Å². The lowest BCUT2D eigenvalue weighted by atomic mass is 9.65. The van der Waals surface area contributed by atoms with Crippen molar-refractivity contribution in [1.29, 1.82) is 0 Å². The van der Waals surface area contributed by atoms with Gasteiger partial charge in [-0.05, 0) is 136 Å². The quantitative estimate of drug-likeness (QED) is 0.146. The second-order valence-electron chi connectivity index (χ2n) is 14.1. The highest BCUT2D eigenvalue weighted by atomic mass is 16.5. The molecule has 1 aliphatic heterocycles. The van der Waals surface area contributed by atoms with Crippen molar-refractivity contribution in [3.8, 4) is 34.5 Å². The minimum atomic E-state index is 0.0153. The van der Waals surface area contributed by atoms with Gasteiger partial charge in [0.2, 0.25) is 0 Å². The monoisotopic (exact) mass is 610 g/mol. The number of benzene rings is 6. The van der Waals surface area contributed by atoms with Crippen LogP contribution in [-0.2, 0) is 0 Å². The number of phenolic OH excluding ortho intramolecular Hbond substituents is 4. The van der Waals surface area contributed by atoms with E-state index in [1.165, 1.54) is 44.9 Å². The first-order valence-electron chi connectivity index (χ1n) is 16.9. The molecule has 9 rings (SSSR count).